The van der Waals surface area contributed by atoms with Crippen molar-refractivity contribution in [1.29, 1.82) is 0 Å². The van der Waals surface area contributed by atoms with Crippen molar-refractivity contribution < 1.29 is 36.9 Å². The van der Waals surface area contributed by atoms with Crippen LogP contribution >= 0.6 is 0 Å². The topological polar surface area (TPSA) is 59.0 Å². The predicted octanol–water partition coefficient (Wildman–Crippen LogP) is 3.63. The van der Waals surface area contributed by atoms with Gasteiger partial charge in [0.2, 0.25) is 0 Å². The van der Waals surface area contributed by atoms with Gasteiger partial charge >= 0.3 is 6.09 Å². The van der Waals surface area contributed by atoms with Crippen LogP contribution < -0.4 is 0 Å². The van der Waals surface area contributed by atoms with E-state index >= 15 is 0 Å². The molecule has 0 saturated carbocycles. The summed E-state index contributed by atoms with van der Waals surface area (Å²) in [5.41, 5.74) is -2.48. The third-order valence-corrected chi connectivity index (χ3v) is 5.55. The summed E-state index contributed by atoms with van der Waals surface area (Å²) in [5.74, 6) is -6.47. The first kappa shape index (κ1) is 20.6. The summed E-state index contributed by atoms with van der Waals surface area (Å²) in [6.45, 7) is -0.000329. The van der Waals surface area contributed by atoms with Gasteiger partial charge in [0.1, 0.15) is 6.61 Å². The third kappa shape index (κ3) is 3.63. The van der Waals surface area contributed by atoms with Gasteiger partial charge in [0.25, 0.3) is 0 Å². The molecule has 2 aliphatic heterocycles. The van der Waals surface area contributed by atoms with Crippen LogP contribution in [0.25, 0.3) is 0 Å². The maximum absolute atomic E-state index is 14.3. The fraction of sp³-hybridized carbons (Fsp3) is 0.381. The first-order valence-corrected chi connectivity index (χ1v) is 9.43. The number of ether oxygens (including phenoxy) is 2. The summed E-state index contributed by atoms with van der Waals surface area (Å²) >= 11 is 0. The predicted molar refractivity (Wildman–Crippen MR) is 96.3 cm³/mol. The lowest BCUT2D eigenvalue weighted by molar-refractivity contribution is -0.139. The smallest absolute Gasteiger partial charge is 0.410 e. The van der Waals surface area contributed by atoms with Gasteiger partial charge in [-0.05, 0) is 5.56 Å². The van der Waals surface area contributed by atoms with Gasteiger partial charge in [-0.3, -0.25) is 4.90 Å². The van der Waals surface area contributed by atoms with E-state index in [1.807, 2.05) is 6.07 Å². The Kier molecular flexibility index (Phi) is 5.42. The van der Waals surface area contributed by atoms with Crippen LogP contribution in [0.15, 0.2) is 36.4 Å². The zero-order chi connectivity index (χ0) is 21.5. The normalized spacial score (nSPS) is 25.8. The molecule has 1 N–H and O–H groups in total. The van der Waals surface area contributed by atoms with Crippen molar-refractivity contribution in [1.82, 2.24) is 4.90 Å². The second-order valence-corrected chi connectivity index (χ2v) is 7.58. The van der Waals surface area contributed by atoms with Crippen molar-refractivity contribution in [2.24, 2.45) is 0 Å². The molecule has 2 heterocycles. The van der Waals surface area contributed by atoms with Gasteiger partial charge in [0, 0.05) is 18.9 Å². The zero-order valence-corrected chi connectivity index (χ0v) is 15.8. The first-order chi connectivity index (χ1) is 14.3. The standard InChI is InChI=1S/C21H19F4NO4/c22-15-6-16(23)19(25)17(18(15)24)21(28)7-13-10-29-11-14(8-21)26(13)20(27)30-9-12-4-2-1-3-5-12/h1-6,13-14,28H,7-11H2. The number of nitrogens with zero attached hydrogens (tertiary/aromatic N) is 1. The molecule has 0 aromatic heterocycles. The molecule has 0 radical (unpaired) electrons. The van der Waals surface area contributed by atoms with Crippen molar-refractivity contribution in [3.05, 3.63) is 70.8 Å². The number of amides is 1. The number of halogens is 4. The third-order valence-electron chi connectivity index (χ3n) is 5.55. The largest absolute Gasteiger partial charge is 0.445 e. The Hall–Kier alpha value is -2.65. The molecule has 2 atom stereocenters. The number of aliphatic hydroxyl groups is 1. The molecule has 4 rings (SSSR count). The van der Waals surface area contributed by atoms with Crippen LogP contribution in [-0.4, -0.2) is 41.4 Å². The van der Waals surface area contributed by atoms with Gasteiger partial charge in [-0.2, -0.15) is 0 Å². The highest BCUT2D eigenvalue weighted by atomic mass is 19.2. The summed E-state index contributed by atoms with van der Waals surface area (Å²) in [6, 6.07) is 7.53. The Morgan fingerprint density at radius 2 is 1.63 bits per heavy atom. The molecule has 0 spiro atoms. The monoisotopic (exact) mass is 425 g/mol. The fourth-order valence-corrected chi connectivity index (χ4v) is 4.25. The number of morpholine rings is 1. The quantitative estimate of drug-likeness (QED) is 0.603. The van der Waals surface area contributed by atoms with Gasteiger partial charge in [0.15, 0.2) is 23.3 Å². The van der Waals surface area contributed by atoms with E-state index < -0.39 is 52.6 Å². The van der Waals surface area contributed by atoms with E-state index in [4.69, 9.17) is 9.47 Å². The highest BCUT2D eigenvalue weighted by Crippen LogP contribution is 2.43. The molecule has 2 fully saturated rings. The molecular formula is C21H19F4NO4. The van der Waals surface area contributed by atoms with Crippen molar-refractivity contribution in [3.8, 4) is 0 Å². The Bertz CT molecular complexity index is 916. The zero-order valence-electron chi connectivity index (χ0n) is 15.8. The van der Waals surface area contributed by atoms with E-state index in [0.29, 0.717) is 0 Å². The second-order valence-electron chi connectivity index (χ2n) is 7.58. The number of carbonyl (C=O) groups is 1. The molecule has 5 nitrogen and oxygen atoms in total. The van der Waals surface area contributed by atoms with Crippen LogP contribution in [0.1, 0.15) is 24.0 Å². The molecular weight excluding hydrogens is 406 g/mol. The number of piperidine rings is 1. The number of benzene rings is 2. The van der Waals surface area contributed by atoms with Crippen LogP contribution in [0.5, 0.6) is 0 Å². The van der Waals surface area contributed by atoms with Gasteiger partial charge < -0.3 is 14.6 Å². The SMILES string of the molecule is O=C(OCc1ccccc1)N1C2COCC1CC(O)(c1c(F)c(F)cc(F)c1F)C2. The Labute approximate surface area is 169 Å². The number of hydrogen-bond donors (Lipinski definition) is 1. The minimum absolute atomic E-state index is 0.0136. The minimum Gasteiger partial charge on any atom is -0.445 e. The average Bonchev–Trinajstić information content (AvgIpc) is 2.71. The molecule has 1 amide bonds. The van der Waals surface area contributed by atoms with E-state index in [1.54, 1.807) is 24.3 Å². The lowest BCUT2D eigenvalue weighted by atomic mass is 9.76. The minimum atomic E-state index is -2.20. The van der Waals surface area contributed by atoms with Gasteiger partial charge in [-0.1, -0.05) is 30.3 Å². The Balaban J connectivity index is 1.57. The van der Waals surface area contributed by atoms with Crippen molar-refractivity contribution in [2.45, 2.75) is 37.1 Å². The van der Waals surface area contributed by atoms with Crippen LogP contribution in [0.2, 0.25) is 0 Å². The number of rotatable bonds is 3. The van der Waals surface area contributed by atoms with Crippen LogP contribution in [0, 0.1) is 23.3 Å². The fourth-order valence-electron chi connectivity index (χ4n) is 4.25. The molecule has 2 aromatic rings. The summed E-state index contributed by atoms with van der Waals surface area (Å²) in [4.78, 5) is 14.0. The molecule has 2 aromatic carbocycles. The molecule has 2 unspecified atom stereocenters. The summed E-state index contributed by atoms with van der Waals surface area (Å²) < 4.78 is 66.8. The van der Waals surface area contributed by atoms with E-state index in [0.717, 1.165) is 5.56 Å². The molecule has 2 aliphatic rings. The average molecular weight is 425 g/mol. The van der Waals surface area contributed by atoms with Crippen molar-refractivity contribution in [3.63, 3.8) is 0 Å². The summed E-state index contributed by atoms with van der Waals surface area (Å²) in [5, 5.41) is 11.0. The van der Waals surface area contributed by atoms with Crippen molar-refractivity contribution >= 4 is 6.09 Å². The number of hydrogen-bond acceptors (Lipinski definition) is 4. The molecule has 2 saturated heterocycles. The van der Waals surface area contributed by atoms with Crippen LogP contribution in [0.3, 0.4) is 0 Å². The summed E-state index contributed by atoms with van der Waals surface area (Å²) in [6.07, 6.45) is -1.38. The molecule has 2 bridgehead atoms. The lowest BCUT2D eigenvalue weighted by Gasteiger charge is -2.50. The molecule has 9 heteroatoms. The lowest BCUT2D eigenvalue weighted by Crippen LogP contribution is -2.63. The molecule has 0 aliphatic carbocycles. The molecule has 30 heavy (non-hydrogen) atoms. The van der Waals surface area contributed by atoms with Crippen molar-refractivity contribution in [2.75, 3.05) is 13.2 Å². The van der Waals surface area contributed by atoms with E-state index in [1.165, 1.54) is 4.90 Å². The van der Waals surface area contributed by atoms with Crippen LogP contribution in [0.4, 0.5) is 22.4 Å². The van der Waals surface area contributed by atoms with Gasteiger partial charge in [-0.15, -0.1) is 0 Å². The van der Waals surface area contributed by atoms with Crippen LogP contribution in [-0.2, 0) is 21.7 Å². The summed E-state index contributed by atoms with van der Waals surface area (Å²) in [7, 11) is 0. The molecule has 160 valence electrons. The van der Waals surface area contributed by atoms with E-state index in [2.05, 4.69) is 0 Å². The highest BCUT2D eigenvalue weighted by Gasteiger charge is 2.52. The highest BCUT2D eigenvalue weighted by molar-refractivity contribution is 5.69. The maximum atomic E-state index is 14.3. The first-order valence-electron chi connectivity index (χ1n) is 9.43. The second kappa shape index (κ2) is 7.88. The number of carbonyl (C=O) groups excluding carboxylic acids is 1. The van der Waals surface area contributed by atoms with Gasteiger partial charge in [-0.25, -0.2) is 22.4 Å². The van der Waals surface area contributed by atoms with E-state index in [-0.39, 0.29) is 38.7 Å². The number of fused-ring (bicyclic) bond motifs is 2. The Morgan fingerprint density at radius 3 is 2.20 bits per heavy atom. The van der Waals surface area contributed by atoms with E-state index in [9.17, 15) is 27.5 Å². The Morgan fingerprint density at radius 1 is 1.07 bits per heavy atom. The maximum Gasteiger partial charge on any atom is 0.410 e. The van der Waals surface area contributed by atoms with Gasteiger partial charge in [0.05, 0.1) is 36.5 Å².